The maximum atomic E-state index is 5.15. The van der Waals surface area contributed by atoms with Gasteiger partial charge in [0.25, 0.3) is 0 Å². The van der Waals surface area contributed by atoms with Crippen LogP contribution >= 0.6 is 0 Å². The highest BCUT2D eigenvalue weighted by atomic mass is 15.0. The van der Waals surface area contributed by atoms with Crippen LogP contribution in [0.2, 0.25) is 0 Å². The first kappa shape index (κ1) is 41.1. The van der Waals surface area contributed by atoms with E-state index in [4.69, 9.17) is 9.98 Å². The third-order valence-electron chi connectivity index (χ3n) is 15.0. The summed E-state index contributed by atoms with van der Waals surface area (Å²) in [7, 11) is 0. The first-order chi connectivity index (χ1) is 35.2. The average molecular weight is 910 g/mol. The van der Waals surface area contributed by atoms with Crippen molar-refractivity contribution in [3.63, 3.8) is 0 Å². The minimum atomic E-state index is 0.332. The van der Waals surface area contributed by atoms with Gasteiger partial charge in [0, 0.05) is 56.5 Å². The first-order valence-electron chi connectivity index (χ1n) is 24.7. The molecular weight excluding hydrogens is 863 g/mol. The van der Waals surface area contributed by atoms with Gasteiger partial charge in [0.15, 0.2) is 11.7 Å². The molecule has 0 saturated heterocycles. The first-order valence-corrected chi connectivity index (χ1v) is 24.7. The second kappa shape index (κ2) is 16.6. The van der Waals surface area contributed by atoms with E-state index in [-0.39, 0.29) is 0 Å². The average Bonchev–Trinajstić information content (AvgIpc) is 4.19. The number of fused-ring (bicyclic) bond motifs is 13. The number of allylic oxidation sites excluding steroid dienone is 3. The van der Waals surface area contributed by atoms with E-state index in [1.807, 2.05) is 30.3 Å². The molecule has 0 spiro atoms. The lowest BCUT2D eigenvalue weighted by Crippen LogP contribution is -2.09. The number of para-hydroxylation sites is 3. The topological polar surface area (TPSA) is 46.9 Å². The summed E-state index contributed by atoms with van der Waals surface area (Å²) in [4.78, 5) is 14.6. The lowest BCUT2D eigenvalue weighted by atomic mass is 9.92. The summed E-state index contributed by atoms with van der Waals surface area (Å²) in [5.74, 6) is 1.59. The molecule has 14 rings (SSSR count). The van der Waals surface area contributed by atoms with Crippen LogP contribution in [-0.4, -0.2) is 34.1 Å². The molecule has 336 valence electrons. The lowest BCUT2D eigenvalue weighted by Gasteiger charge is -2.14. The van der Waals surface area contributed by atoms with Crippen LogP contribution in [0.15, 0.2) is 233 Å². The van der Waals surface area contributed by atoms with Crippen molar-refractivity contribution in [3.05, 3.63) is 252 Å². The van der Waals surface area contributed by atoms with Crippen molar-refractivity contribution in [2.24, 2.45) is 20.9 Å². The maximum absolute atomic E-state index is 5.15. The zero-order chi connectivity index (χ0) is 47.0. The number of aromatic nitrogens is 2. The molecule has 0 radical (unpaired) electrons. The van der Waals surface area contributed by atoms with Crippen molar-refractivity contribution in [2.45, 2.75) is 19.3 Å². The smallest absolute Gasteiger partial charge is 0.161 e. The molecular formula is C66H47N5. The van der Waals surface area contributed by atoms with Crippen LogP contribution < -0.4 is 0 Å². The Morgan fingerprint density at radius 3 is 1.92 bits per heavy atom. The monoisotopic (exact) mass is 909 g/mol. The summed E-state index contributed by atoms with van der Waals surface area (Å²) in [6.45, 7) is 4.54. The predicted octanol–water partition coefficient (Wildman–Crippen LogP) is 15.7. The molecule has 3 aliphatic rings. The Labute approximate surface area is 412 Å². The summed E-state index contributed by atoms with van der Waals surface area (Å²) in [5, 5.41) is 5.02. The van der Waals surface area contributed by atoms with E-state index in [2.05, 4.69) is 209 Å². The van der Waals surface area contributed by atoms with E-state index in [9.17, 15) is 0 Å². The van der Waals surface area contributed by atoms with Gasteiger partial charge in [0.1, 0.15) is 0 Å². The minimum absolute atomic E-state index is 0.332. The van der Waals surface area contributed by atoms with Gasteiger partial charge in [0.05, 0.1) is 22.1 Å². The van der Waals surface area contributed by atoms with Gasteiger partial charge in [-0.05, 0) is 130 Å². The molecule has 0 amide bonds. The van der Waals surface area contributed by atoms with Gasteiger partial charge in [-0.1, -0.05) is 170 Å². The molecule has 0 N–H and O–H groups in total. The number of rotatable bonds is 7. The molecule has 1 unspecified atom stereocenters. The molecule has 9 aromatic carbocycles. The molecule has 0 bridgehead atoms. The van der Waals surface area contributed by atoms with Gasteiger partial charge in [-0.3, -0.25) is 4.99 Å². The van der Waals surface area contributed by atoms with E-state index in [0.29, 0.717) is 24.1 Å². The van der Waals surface area contributed by atoms with Crippen LogP contribution in [0.25, 0.3) is 88.4 Å². The Bertz CT molecular complexity index is 4120. The standard InChI is InChI=1S/C66H47N5/c1-67-65(43-18-7-3-8-19-43)69-66(68-41-42-16-5-2-6-17-42)47-30-32-52-48(38-47)36-44-28-29-45(40-59(44)52)53-25-15-20-46-37-49-39-51(31-33-54(49)62(46)53)71-61-27-14-12-24-56(61)58-35-34-57-55-23-11-13-26-60(55)70(63(57)64(58)71)50-21-9-4-10-22-50/h2-16,18-35,38-40,42H,1,17,36-37,41H2/b68-66-,69-65-. The number of nitrogens with zero attached hydrogens (tertiary/aromatic N) is 5. The van der Waals surface area contributed by atoms with Crippen molar-refractivity contribution in [3.8, 4) is 44.8 Å². The van der Waals surface area contributed by atoms with Crippen LogP contribution in [-0.2, 0) is 12.8 Å². The molecule has 2 heterocycles. The summed E-state index contributed by atoms with van der Waals surface area (Å²) < 4.78 is 4.98. The van der Waals surface area contributed by atoms with Gasteiger partial charge in [-0.15, -0.1) is 0 Å². The van der Waals surface area contributed by atoms with Gasteiger partial charge < -0.3 is 9.13 Å². The molecule has 0 aliphatic heterocycles. The molecule has 1 atom stereocenters. The van der Waals surface area contributed by atoms with E-state index < -0.39 is 0 Å². The molecule has 2 aromatic heterocycles. The number of hydrogen-bond acceptors (Lipinski definition) is 1. The van der Waals surface area contributed by atoms with Gasteiger partial charge >= 0.3 is 0 Å². The van der Waals surface area contributed by atoms with Crippen LogP contribution in [0.1, 0.15) is 39.8 Å². The highest BCUT2D eigenvalue weighted by Crippen LogP contribution is 2.48. The van der Waals surface area contributed by atoms with E-state index in [0.717, 1.165) is 36.1 Å². The van der Waals surface area contributed by atoms with E-state index in [1.54, 1.807) is 0 Å². The Hall–Kier alpha value is -8.93. The second-order valence-electron chi connectivity index (χ2n) is 19.1. The van der Waals surface area contributed by atoms with E-state index in [1.165, 1.54) is 105 Å². The molecule has 71 heavy (non-hydrogen) atoms. The van der Waals surface area contributed by atoms with Crippen molar-refractivity contribution in [1.82, 2.24) is 9.13 Å². The van der Waals surface area contributed by atoms with Crippen molar-refractivity contribution in [1.29, 1.82) is 0 Å². The molecule has 0 saturated carbocycles. The number of hydrogen-bond donors (Lipinski definition) is 0. The minimum Gasteiger partial charge on any atom is -0.307 e. The van der Waals surface area contributed by atoms with E-state index >= 15 is 0 Å². The predicted molar refractivity (Wildman–Crippen MR) is 297 cm³/mol. The normalized spacial score (nSPS) is 14.9. The van der Waals surface area contributed by atoms with Crippen LogP contribution in [0.4, 0.5) is 0 Å². The maximum Gasteiger partial charge on any atom is 0.161 e. The number of benzene rings is 9. The lowest BCUT2D eigenvalue weighted by molar-refractivity contribution is 0.670. The Morgan fingerprint density at radius 1 is 0.479 bits per heavy atom. The summed E-state index contributed by atoms with van der Waals surface area (Å²) in [6.07, 6.45) is 11.4. The molecule has 11 aromatic rings. The zero-order valence-corrected chi connectivity index (χ0v) is 39.1. The summed E-state index contributed by atoms with van der Waals surface area (Å²) in [6, 6.07) is 71.1. The van der Waals surface area contributed by atoms with Crippen molar-refractivity contribution < 1.29 is 0 Å². The van der Waals surface area contributed by atoms with Gasteiger partial charge in [-0.25, -0.2) is 9.98 Å². The molecule has 0 fully saturated rings. The molecule has 5 nitrogen and oxygen atoms in total. The Morgan fingerprint density at radius 2 is 1.17 bits per heavy atom. The zero-order valence-electron chi connectivity index (χ0n) is 39.1. The summed E-state index contributed by atoms with van der Waals surface area (Å²) >= 11 is 0. The number of aliphatic imine (C=N–C) groups is 3. The second-order valence-corrected chi connectivity index (χ2v) is 19.1. The highest BCUT2D eigenvalue weighted by Gasteiger charge is 2.27. The highest BCUT2D eigenvalue weighted by molar-refractivity contribution is 6.24. The van der Waals surface area contributed by atoms with Crippen LogP contribution in [0.3, 0.4) is 0 Å². The van der Waals surface area contributed by atoms with Crippen molar-refractivity contribution >= 4 is 62.0 Å². The largest absolute Gasteiger partial charge is 0.307 e. The van der Waals surface area contributed by atoms with Gasteiger partial charge in [0.2, 0.25) is 0 Å². The Kier molecular flexibility index (Phi) is 9.63. The molecule has 5 heteroatoms. The quantitative estimate of drug-likeness (QED) is 0.113. The SMILES string of the molecule is C=N/C(=N\C(=N/CC1C=CC=CC1)c1ccc2c(c1)Cc1ccc(-c3cccc4c3-c3ccc(-n5c6ccccc6c6ccc7c8ccccc8n(-c8ccccc8)c7c65)cc3C4)cc1-2)c1ccccc1. The van der Waals surface area contributed by atoms with Crippen LogP contribution in [0, 0.1) is 5.92 Å². The van der Waals surface area contributed by atoms with Crippen molar-refractivity contribution in [2.75, 3.05) is 6.54 Å². The number of amidine groups is 2. The fourth-order valence-corrected chi connectivity index (χ4v) is 11.8. The Balaban J connectivity index is 0.850. The third kappa shape index (κ3) is 6.72. The third-order valence-corrected chi connectivity index (χ3v) is 15.0. The van der Waals surface area contributed by atoms with Gasteiger partial charge in [-0.2, -0.15) is 0 Å². The fraction of sp³-hybridized carbons (Fsp3) is 0.0758. The summed E-state index contributed by atoms with van der Waals surface area (Å²) in [5.41, 5.74) is 22.2. The fourth-order valence-electron chi connectivity index (χ4n) is 11.8. The van der Waals surface area contributed by atoms with Crippen LogP contribution in [0.5, 0.6) is 0 Å². The molecule has 3 aliphatic carbocycles.